The van der Waals surface area contributed by atoms with E-state index in [9.17, 15) is 0 Å². The number of likely N-dealkylation sites (tertiary alicyclic amines) is 1. The quantitative estimate of drug-likeness (QED) is 0.847. The molecule has 0 bridgehead atoms. The lowest BCUT2D eigenvalue weighted by atomic mass is 10.1. The van der Waals surface area contributed by atoms with Gasteiger partial charge in [0.15, 0.2) is 0 Å². The maximum absolute atomic E-state index is 6.01. The van der Waals surface area contributed by atoms with E-state index in [2.05, 4.69) is 21.3 Å². The van der Waals surface area contributed by atoms with Crippen LogP contribution in [0.1, 0.15) is 25.7 Å². The van der Waals surface area contributed by atoms with Gasteiger partial charge in [0.25, 0.3) is 0 Å². The van der Waals surface area contributed by atoms with Crippen LogP contribution in [-0.2, 0) is 0 Å². The third kappa shape index (κ3) is 3.45. The van der Waals surface area contributed by atoms with E-state index in [0.717, 1.165) is 35.2 Å². The first-order chi connectivity index (χ1) is 10.3. The third-order valence-corrected chi connectivity index (χ3v) is 4.29. The van der Waals surface area contributed by atoms with Gasteiger partial charge in [0.1, 0.15) is 0 Å². The summed E-state index contributed by atoms with van der Waals surface area (Å²) in [5, 5.41) is 5.74. The SMILES string of the molecule is Nc1ccc(NCCN2CCCCCC2)c2ccncc12. The minimum Gasteiger partial charge on any atom is -0.398 e. The van der Waals surface area contributed by atoms with Gasteiger partial charge in [0, 0.05) is 47.6 Å². The highest BCUT2D eigenvalue weighted by Gasteiger charge is 2.09. The Kier molecular flexibility index (Phi) is 4.55. The van der Waals surface area contributed by atoms with Crippen LogP contribution in [0, 0.1) is 0 Å². The lowest BCUT2D eigenvalue weighted by Crippen LogP contribution is -2.30. The van der Waals surface area contributed by atoms with E-state index in [-0.39, 0.29) is 0 Å². The van der Waals surface area contributed by atoms with Crippen LogP contribution in [0.4, 0.5) is 11.4 Å². The Bertz CT molecular complexity index is 588. The molecule has 1 aromatic heterocycles. The van der Waals surface area contributed by atoms with Crippen LogP contribution in [0.5, 0.6) is 0 Å². The van der Waals surface area contributed by atoms with E-state index in [1.807, 2.05) is 24.5 Å². The zero-order valence-electron chi connectivity index (χ0n) is 12.5. The van der Waals surface area contributed by atoms with Crippen LogP contribution >= 0.6 is 0 Å². The molecular weight excluding hydrogens is 260 g/mol. The Balaban J connectivity index is 1.64. The number of nitrogens with two attached hydrogens (primary N) is 1. The Morgan fingerprint density at radius 3 is 2.67 bits per heavy atom. The standard InChI is InChI=1S/C17H24N4/c18-16-5-6-17(14-7-8-19-13-15(14)16)20-9-12-21-10-3-1-2-4-11-21/h5-8,13,20H,1-4,9-12,18H2. The molecule has 0 radical (unpaired) electrons. The van der Waals surface area contributed by atoms with Crippen LogP contribution in [-0.4, -0.2) is 36.1 Å². The first kappa shape index (κ1) is 14.1. The van der Waals surface area contributed by atoms with Crippen molar-refractivity contribution in [2.24, 2.45) is 0 Å². The van der Waals surface area contributed by atoms with Crippen molar-refractivity contribution in [3.05, 3.63) is 30.6 Å². The molecule has 0 unspecified atom stereocenters. The van der Waals surface area contributed by atoms with Gasteiger partial charge in [0.2, 0.25) is 0 Å². The first-order valence-corrected chi connectivity index (χ1v) is 7.93. The topological polar surface area (TPSA) is 54.2 Å². The minimum absolute atomic E-state index is 0.788. The summed E-state index contributed by atoms with van der Waals surface area (Å²) >= 11 is 0. The molecule has 4 nitrogen and oxygen atoms in total. The number of fused-ring (bicyclic) bond motifs is 1. The Morgan fingerprint density at radius 2 is 1.86 bits per heavy atom. The van der Waals surface area contributed by atoms with E-state index >= 15 is 0 Å². The van der Waals surface area contributed by atoms with Gasteiger partial charge in [-0.05, 0) is 44.1 Å². The number of nitrogens with zero attached hydrogens (tertiary/aromatic N) is 2. The van der Waals surface area contributed by atoms with Crippen molar-refractivity contribution in [2.45, 2.75) is 25.7 Å². The summed E-state index contributed by atoms with van der Waals surface area (Å²) in [6, 6.07) is 6.05. The molecule has 0 saturated carbocycles. The van der Waals surface area contributed by atoms with Crippen LogP contribution in [0.25, 0.3) is 10.8 Å². The van der Waals surface area contributed by atoms with Crippen LogP contribution in [0.3, 0.4) is 0 Å². The van der Waals surface area contributed by atoms with E-state index in [1.54, 1.807) is 0 Å². The highest BCUT2D eigenvalue weighted by Crippen LogP contribution is 2.27. The fourth-order valence-corrected chi connectivity index (χ4v) is 3.07. The summed E-state index contributed by atoms with van der Waals surface area (Å²) in [4.78, 5) is 6.73. The molecule has 1 aromatic carbocycles. The van der Waals surface area contributed by atoms with Gasteiger partial charge in [-0.15, -0.1) is 0 Å². The predicted molar refractivity (Wildman–Crippen MR) is 89.6 cm³/mol. The summed E-state index contributed by atoms with van der Waals surface area (Å²) in [5.74, 6) is 0. The lowest BCUT2D eigenvalue weighted by molar-refractivity contribution is 0.296. The monoisotopic (exact) mass is 284 g/mol. The highest BCUT2D eigenvalue weighted by atomic mass is 15.1. The molecule has 21 heavy (non-hydrogen) atoms. The van der Waals surface area contributed by atoms with Crippen LogP contribution < -0.4 is 11.1 Å². The number of rotatable bonds is 4. The van der Waals surface area contributed by atoms with Crippen molar-refractivity contribution in [1.29, 1.82) is 0 Å². The summed E-state index contributed by atoms with van der Waals surface area (Å²) < 4.78 is 0. The summed E-state index contributed by atoms with van der Waals surface area (Å²) in [7, 11) is 0. The molecule has 2 aromatic rings. The molecule has 1 aliphatic rings. The number of nitrogen functional groups attached to an aromatic ring is 1. The van der Waals surface area contributed by atoms with Gasteiger partial charge in [-0.2, -0.15) is 0 Å². The molecule has 112 valence electrons. The van der Waals surface area contributed by atoms with Crippen molar-refractivity contribution in [3.63, 3.8) is 0 Å². The van der Waals surface area contributed by atoms with E-state index in [0.29, 0.717) is 0 Å². The molecule has 2 heterocycles. The van der Waals surface area contributed by atoms with Crippen LogP contribution in [0.15, 0.2) is 30.6 Å². The summed E-state index contributed by atoms with van der Waals surface area (Å²) in [6.45, 7) is 4.57. The van der Waals surface area contributed by atoms with Gasteiger partial charge in [-0.3, -0.25) is 4.98 Å². The van der Waals surface area contributed by atoms with Gasteiger partial charge in [-0.1, -0.05) is 12.8 Å². The summed E-state index contributed by atoms with van der Waals surface area (Å²) in [6.07, 6.45) is 9.12. The first-order valence-electron chi connectivity index (χ1n) is 7.93. The van der Waals surface area contributed by atoms with E-state index < -0.39 is 0 Å². The fraction of sp³-hybridized carbons (Fsp3) is 0.471. The predicted octanol–water partition coefficient (Wildman–Crippen LogP) is 3.10. The highest BCUT2D eigenvalue weighted by molar-refractivity contribution is 6.00. The maximum atomic E-state index is 6.01. The van der Waals surface area contributed by atoms with Crippen molar-refractivity contribution < 1.29 is 0 Å². The molecule has 0 atom stereocenters. The van der Waals surface area contributed by atoms with Crippen molar-refractivity contribution in [1.82, 2.24) is 9.88 Å². The van der Waals surface area contributed by atoms with Gasteiger partial charge in [0.05, 0.1) is 0 Å². The molecule has 1 fully saturated rings. The molecule has 0 aliphatic carbocycles. The maximum Gasteiger partial charge on any atom is 0.0422 e. The average Bonchev–Trinajstić information content (AvgIpc) is 2.79. The second-order valence-electron chi connectivity index (χ2n) is 5.81. The van der Waals surface area contributed by atoms with Gasteiger partial charge < -0.3 is 16.0 Å². The Labute approximate surface area is 126 Å². The molecule has 1 aliphatic heterocycles. The third-order valence-electron chi connectivity index (χ3n) is 4.29. The number of anilines is 2. The van der Waals surface area contributed by atoms with Crippen LogP contribution in [0.2, 0.25) is 0 Å². The number of aromatic nitrogens is 1. The molecule has 4 heteroatoms. The zero-order valence-corrected chi connectivity index (χ0v) is 12.5. The molecule has 3 rings (SSSR count). The second-order valence-corrected chi connectivity index (χ2v) is 5.81. The lowest BCUT2D eigenvalue weighted by Gasteiger charge is -2.20. The second kappa shape index (κ2) is 6.76. The van der Waals surface area contributed by atoms with Crippen molar-refractivity contribution in [2.75, 3.05) is 37.2 Å². The van der Waals surface area contributed by atoms with Gasteiger partial charge >= 0.3 is 0 Å². The molecule has 3 N–H and O–H groups in total. The number of nitrogens with one attached hydrogen (secondary N) is 1. The number of pyridine rings is 1. The Morgan fingerprint density at radius 1 is 1.05 bits per heavy atom. The summed E-state index contributed by atoms with van der Waals surface area (Å²) in [5.41, 5.74) is 7.95. The fourth-order valence-electron chi connectivity index (χ4n) is 3.07. The van der Waals surface area contributed by atoms with Crippen molar-refractivity contribution in [3.8, 4) is 0 Å². The molecule has 0 amide bonds. The van der Waals surface area contributed by atoms with Gasteiger partial charge in [-0.25, -0.2) is 0 Å². The minimum atomic E-state index is 0.788. The molecule has 1 saturated heterocycles. The molecule has 0 spiro atoms. The van der Waals surface area contributed by atoms with E-state index in [1.165, 1.54) is 38.8 Å². The number of benzene rings is 1. The average molecular weight is 284 g/mol. The molecular formula is C17H24N4. The smallest absolute Gasteiger partial charge is 0.0422 e. The largest absolute Gasteiger partial charge is 0.398 e. The number of hydrogen-bond acceptors (Lipinski definition) is 4. The number of hydrogen-bond donors (Lipinski definition) is 2. The van der Waals surface area contributed by atoms with E-state index in [4.69, 9.17) is 5.73 Å². The normalized spacial score (nSPS) is 16.8. The zero-order chi connectivity index (χ0) is 14.5. The van der Waals surface area contributed by atoms with Crippen molar-refractivity contribution >= 4 is 22.1 Å². The Hall–Kier alpha value is -1.81.